The lowest BCUT2D eigenvalue weighted by atomic mass is 9.97. The average Bonchev–Trinajstić information content (AvgIpc) is 3.12. The smallest absolute Gasteiger partial charge is 0.243 e. The van der Waals surface area contributed by atoms with E-state index in [0.29, 0.717) is 42.7 Å². The number of carbonyl (C=O) groups excluding carboxylic acids is 1. The van der Waals surface area contributed by atoms with E-state index in [-0.39, 0.29) is 29.8 Å². The van der Waals surface area contributed by atoms with Gasteiger partial charge in [0.2, 0.25) is 21.1 Å². The van der Waals surface area contributed by atoms with E-state index >= 15 is 0 Å². The molecule has 0 bridgehead atoms. The van der Waals surface area contributed by atoms with Gasteiger partial charge in [-0.05, 0) is 31.9 Å². The molecule has 28 heavy (non-hydrogen) atoms. The summed E-state index contributed by atoms with van der Waals surface area (Å²) in [5, 5.41) is 11.8. The Hall–Kier alpha value is -2.24. The molecule has 2 aromatic rings. The van der Waals surface area contributed by atoms with Crippen LogP contribution < -0.4 is 14.8 Å². The first-order valence-corrected chi connectivity index (χ1v) is 11.2. The molecule has 2 aliphatic rings. The fourth-order valence-corrected chi connectivity index (χ4v) is 5.33. The maximum Gasteiger partial charge on any atom is 0.243 e. The number of ether oxygens (including phenoxy) is 2. The summed E-state index contributed by atoms with van der Waals surface area (Å²) in [6.45, 7) is 3.22. The number of carbonyl (C=O) groups is 1. The minimum Gasteiger partial charge on any atom is -0.486 e. The largest absolute Gasteiger partial charge is 0.486 e. The summed E-state index contributed by atoms with van der Waals surface area (Å²) in [4.78, 5) is 12.6. The van der Waals surface area contributed by atoms with Crippen LogP contribution in [0.4, 0.5) is 5.13 Å². The molecular weight excluding hydrogens is 404 g/mol. The van der Waals surface area contributed by atoms with Crippen molar-refractivity contribution in [3.8, 4) is 11.5 Å². The van der Waals surface area contributed by atoms with Crippen LogP contribution in [0.2, 0.25) is 0 Å². The Morgan fingerprint density at radius 2 is 1.89 bits per heavy atom. The quantitative estimate of drug-likeness (QED) is 0.794. The Morgan fingerprint density at radius 3 is 2.57 bits per heavy atom. The average molecular weight is 425 g/mol. The van der Waals surface area contributed by atoms with E-state index in [4.69, 9.17) is 9.47 Å². The number of anilines is 1. The number of sulfonamides is 1. The molecule has 0 aliphatic carbocycles. The molecule has 150 valence electrons. The monoisotopic (exact) mass is 424 g/mol. The van der Waals surface area contributed by atoms with Crippen LogP contribution in [0.1, 0.15) is 17.8 Å². The molecular formula is C17H20N4O5S2. The summed E-state index contributed by atoms with van der Waals surface area (Å²) >= 11 is 1.31. The normalized spacial score (nSPS) is 18.0. The molecule has 3 heterocycles. The summed E-state index contributed by atoms with van der Waals surface area (Å²) < 4.78 is 38.2. The predicted octanol–water partition coefficient (Wildman–Crippen LogP) is 1.66. The highest BCUT2D eigenvalue weighted by Crippen LogP contribution is 2.34. The number of rotatable bonds is 4. The van der Waals surface area contributed by atoms with Crippen molar-refractivity contribution in [1.29, 1.82) is 0 Å². The number of amides is 1. The third-order valence-corrected chi connectivity index (χ3v) is 7.38. The van der Waals surface area contributed by atoms with Gasteiger partial charge < -0.3 is 14.8 Å². The Bertz CT molecular complexity index is 983. The molecule has 0 atom stereocenters. The van der Waals surface area contributed by atoms with Crippen LogP contribution in [0, 0.1) is 12.8 Å². The Morgan fingerprint density at radius 1 is 1.18 bits per heavy atom. The second kappa shape index (κ2) is 7.64. The maximum atomic E-state index is 13.0. The van der Waals surface area contributed by atoms with Crippen molar-refractivity contribution in [3.05, 3.63) is 23.2 Å². The van der Waals surface area contributed by atoms with Crippen LogP contribution in [-0.4, -0.2) is 55.1 Å². The summed E-state index contributed by atoms with van der Waals surface area (Å²) in [6, 6.07) is 4.64. The molecule has 1 fully saturated rings. The van der Waals surface area contributed by atoms with Gasteiger partial charge in [-0.2, -0.15) is 4.31 Å². The molecule has 0 saturated carbocycles. The van der Waals surface area contributed by atoms with Gasteiger partial charge in [0, 0.05) is 25.1 Å². The van der Waals surface area contributed by atoms with Gasteiger partial charge in [0.25, 0.3) is 0 Å². The number of nitrogens with one attached hydrogen (secondary N) is 1. The van der Waals surface area contributed by atoms with Crippen LogP contribution in [0.5, 0.6) is 11.5 Å². The van der Waals surface area contributed by atoms with Crippen molar-refractivity contribution in [3.63, 3.8) is 0 Å². The summed E-state index contributed by atoms with van der Waals surface area (Å²) in [7, 11) is -3.65. The van der Waals surface area contributed by atoms with Gasteiger partial charge in [-0.25, -0.2) is 8.42 Å². The van der Waals surface area contributed by atoms with Gasteiger partial charge in [-0.15, -0.1) is 10.2 Å². The molecule has 1 amide bonds. The standard InChI is InChI=1S/C17H20N4O5S2/c1-11-19-20-17(27-11)18-16(22)12-4-6-21(7-5-12)28(23,24)13-2-3-14-15(10-13)26-9-8-25-14/h2-3,10,12H,4-9H2,1H3,(H,18,20,22). The van der Waals surface area contributed by atoms with Crippen molar-refractivity contribution in [2.75, 3.05) is 31.6 Å². The summed E-state index contributed by atoms with van der Waals surface area (Å²) in [5.41, 5.74) is 0. The minimum absolute atomic E-state index is 0.146. The Labute approximate surface area is 166 Å². The van der Waals surface area contributed by atoms with Crippen LogP contribution in [0.25, 0.3) is 0 Å². The molecule has 0 spiro atoms. The molecule has 2 aliphatic heterocycles. The molecule has 1 aromatic carbocycles. The van der Waals surface area contributed by atoms with E-state index < -0.39 is 10.0 Å². The van der Waals surface area contributed by atoms with Crippen LogP contribution in [-0.2, 0) is 14.8 Å². The zero-order valence-electron chi connectivity index (χ0n) is 15.3. The molecule has 1 saturated heterocycles. The second-order valence-corrected chi connectivity index (χ2v) is 9.72. The minimum atomic E-state index is -3.65. The molecule has 1 N–H and O–H groups in total. The molecule has 9 nitrogen and oxygen atoms in total. The lowest BCUT2D eigenvalue weighted by Crippen LogP contribution is -2.41. The van der Waals surface area contributed by atoms with Gasteiger partial charge in [0.05, 0.1) is 4.90 Å². The van der Waals surface area contributed by atoms with Crippen molar-refractivity contribution in [2.24, 2.45) is 5.92 Å². The van der Waals surface area contributed by atoms with E-state index in [1.165, 1.54) is 27.8 Å². The van der Waals surface area contributed by atoms with Gasteiger partial charge in [-0.1, -0.05) is 11.3 Å². The predicted molar refractivity (Wildman–Crippen MR) is 102 cm³/mol. The van der Waals surface area contributed by atoms with E-state index in [0.717, 1.165) is 5.01 Å². The van der Waals surface area contributed by atoms with Crippen LogP contribution in [0.3, 0.4) is 0 Å². The van der Waals surface area contributed by atoms with Gasteiger partial charge >= 0.3 is 0 Å². The summed E-state index contributed by atoms with van der Waals surface area (Å²) in [5.74, 6) is 0.588. The van der Waals surface area contributed by atoms with Gasteiger partial charge in [0.1, 0.15) is 18.2 Å². The highest BCUT2D eigenvalue weighted by molar-refractivity contribution is 7.89. The number of hydrogen-bond donors (Lipinski definition) is 1. The summed E-state index contributed by atoms with van der Waals surface area (Å²) in [6.07, 6.45) is 0.904. The van der Waals surface area contributed by atoms with Crippen LogP contribution >= 0.6 is 11.3 Å². The highest BCUT2D eigenvalue weighted by Gasteiger charge is 2.33. The third kappa shape index (κ3) is 3.82. The Kier molecular flexibility index (Phi) is 5.21. The van der Waals surface area contributed by atoms with E-state index in [1.807, 2.05) is 6.92 Å². The second-order valence-electron chi connectivity index (χ2n) is 6.60. The van der Waals surface area contributed by atoms with E-state index in [1.54, 1.807) is 6.07 Å². The first kappa shape index (κ1) is 19.1. The zero-order valence-corrected chi connectivity index (χ0v) is 16.9. The first-order chi connectivity index (χ1) is 13.4. The van der Waals surface area contributed by atoms with Crippen molar-refractivity contribution in [1.82, 2.24) is 14.5 Å². The molecule has 0 unspecified atom stereocenters. The van der Waals surface area contributed by atoms with E-state index in [9.17, 15) is 13.2 Å². The topological polar surface area (TPSA) is 111 Å². The molecule has 0 radical (unpaired) electrons. The molecule has 11 heteroatoms. The highest BCUT2D eigenvalue weighted by atomic mass is 32.2. The van der Waals surface area contributed by atoms with Gasteiger partial charge in [0.15, 0.2) is 11.5 Å². The van der Waals surface area contributed by atoms with Crippen molar-refractivity contribution in [2.45, 2.75) is 24.7 Å². The number of piperidine rings is 1. The van der Waals surface area contributed by atoms with E-state index in [2.05, 4.69) is 15.5 Å². The van der Waals surface area contributed by atoms with Gasteiger partial charge in [-0.3, -0.25) is 4.79 Å². The third-order valence-electron chi connectivity index (χ3n) is 4.73. The lowest BCUT2D eigenvalue weighted by Gasteiger charge is -2.30. The number of hydrogen-bond acceptors (Lipinski definition) is 8. The number of aryl methyl sites for hydroxylation is 1. The Balaban J connectivity index is 1.40. The maximum absolute atomic E-state index is 13.0. The van der Waals surface area contributed by atoms with Crippen LogP contribution in [0.15, 0.2) is 23.1 Å². The number of benzene rings is 1. The number of fused-ring (bicyclic) bond motifs is 1. The number of aromatic nitrogens is 2. The lowest BCUT2D eigenvalue weighted by molar-refractivity contribution is -0.120. The van der Waals surface area contributed by atoms with Crippen molar-refractivity contribution < 1.29 is 22.7 Å². The first-order valence-electron chi connectivity index (χ1n) is 8.94. The molecule has 4 rings (SSSR count). The fraction of sp³-hybridized carbons (Fsp3) is 0.471. The molecule has 1 aromatic heterocycles. The zero-order chi connectivity index (χ0) is 19.7. The SMILES string of the molecule is Cc1nnc(NC(=O)C2CCN(S(=O)(=O)c3ccc4c(c3)OCCO4)CC2)s1. The number of nitrogens with zero attached hydrogens (tertiary/aromatic N) is 3. The van der Waals surface area contributed by atoms with Crippen molar-refractivity contribution >= 4 is 32.4 Å². The fourth-order valence-electron chi connectivity index (χ4n) is 3.25.